The first kappa shape index (κ1) is 11.9. The molecule has 2 aromatic rings. The summed E-state index contributed by atoms with van der Waals surface area (Å²) >= 11 is 0. The van der Waals surface area contributed by atoms with Gasteiger partial charge in [-0.15, -0.1) is 0 Å². The molecule has 3 nitrogen and oxygen atoms in total. The van der Waals surface area contributed by atoms with Crippen LogP contribution < -0.4 is 11.3 Å². The van der Waals surface area contributed by atoms with E-state index < -0.39 is 0 Å². The number of rotatable bonds is 5. The summed E-state index contributed by atoms with van der Waals surface area (Å²) in [6.45, 7) is 6.09. The third kappa shape index (κ3) is 2.57. The molecule has 0 fully saturated rings. The van der Waals surface area contributed by atoms with Gasteiger partial charge in [-0.3, -0.25) is 5.84 Å². The van der Waals surface area contributed by atoms with E-state index in [1.165, 1.54) is 0 Å². The van der Waals surface area contributed by atoms with Gasteiger partial charge in [-0.25, -0.2) is 5.43 Å². The van der Waals surface area contributed by atoms with E-state index in [-0.39, 0.29) is 6.04 Å². The lowest BCUT2D eigenvalue weighted by molar-refractivity contribution is 0.432. The minimum Gasteiger partial charge on any atom is -0.459 e. The topological polar surface area (TPSA) is 51.2 Å². The lowest BCUT2D eigenvalue weighted by Crippen LogP contribution is -2.27. The monoisotopic (exact) mass is 230 g/mol. The molecule has 1 atom stereocenters. The van der Waals surface area contributed by atoms with Crippen molar-refractivity contribution >= 4 is 11.0 Å². The largest absolute Gasteiger partial charge is 0.459 e. The van der Waals surface area contributed by atoms with Crippen molar-refractivity contribution in [1.82, 2.24) is 5.43 Å². The quantitative estimate of drug-likeness (QED) is 0.471. The number of nitrogens with two attached hydrogens (primary N) is 1. The van der Waals surface area contributed by atoms with Crippen LogP contribution in [0.25, 0.3) is 11.0 Å². The number of furan rings is 1. The Labute approximate surface area is 101 Å². The molecule has 0 spiro atoms. The van der Waals surface area contributed by atoms with E-state index in [1.807, 2.05) is 30.3 Å². The molecule has 0 aliphatic heterocycles. The molecule has 1 aromatic heterocycles. The van der Waals surface area contributed by atoms with Crippen molar-refractivity contribution in [2.24, 2.45) is 5.84 Å². The second kappa shape index (κ2) is 5.17. The molecule has 0 saturated carbocycles. The van der Waals surface area contributed by atoms with Crippen LogP contribution in [-0.2, 0) is 0 Å². The number of para-hydroxylation sites is 1. The molecule has 0 aliphatic rings. The van der Waals surface area contributed by atoms with Crippen molar-refractivity contribution in [3.05, 3.63) is 48.2 Å². The number of hydrazine groups is 1. The van der Waals surface area contributed by atoms with Gasteiger partial charge < -0.3 is 4.42 Å². The van der Waals surface area contributed by atoms with Crippen LogP contribution in [0.5, 0.6) is 0 Å². The Bertz CT molecular complexity index is 483. The molecule has 0 bridgehead atoms. The molecule has 0 aliphatic carbocycles. The van der Waals surface area contributed by atoms with Crippen LogP contribution in [0.3, 0.4) is 0 Å². The van der Waals surface area contributed by atoms with Crippen molar-refractivity contribution in [3.8, 4) is 0 Å². The van der Waals surface area contributed by atoms with Crippen LogP contribution in [0.4, 0.5) is 0 Å². The summed E-state index contributed by atoms with van der Waals surface area (Å²) in [5, 5.41) is 1.10. The van der Waals surface area contributed by atoms with E-state index >= 15 is 0 Å². The highest BCUT2D eigenvalue weighted by Crippen LogP contribution is 2.27. The fourth-order valence-electron chi connectivity index (χ4n) is 1.85. The van der Waals surface area contributed by atoms with E-state index in [0.29, 0.717) is 0 Å². The average Bonchev–Trinajstić information content (AvgIpc) is 2.78. The second-order valence-corrected chi connectivity index (χ2v) is 4.21. The van der Waals surface area contributed by atoms with Crippen LogP contribution in [0.2, 0.25) is 0 Å². The van der Waals surface area contributed by atoms with E-state index in [1.54, 1.807) is 0 Å². The minimum absolute atomic E-state index is 0.00477. The Kier molecular flexibility index (Phi) is 3.61. The molecule has 0 amide bonds. The van der Waals surface area contributed by atoms with Gasteiger partial charge in [0, 0.05) is 5.39 Å². The van der Waals surface area contributed by atoms with Crippen molar-refractivity contribution in [1.29, 1.82) is 0 Å². The first-order valence-corrected chi connectivity index (χ1v) is 5.85. The van der Waals surface area contributed by atoms with Gasteiger partial charge in [-0.1, -0.05) is 37.3 Å². The number of nitrogens with one attached hydrogen (secondary N) is 1. The first-order valence-electron chi connectivity index (χ1n) is 5.85. The Morgan fingerprint density at radius 1 is 1.47 bits per heavy atom. The number of hydrogen-bond donors (Lipinski definition) is 2. The Balaban J connectivity index is 2.27. The van der Waals surface area contributed by atoms with Gasteiger partial charge in [-0.2, -0.15) is 0 Å². The Morgan fingerprint density at radius 2 is 2.24 bits per heavy atom. The standard InChI is InChI=1S/C14H18N2O/c1-3-10(2)8-12(16-15)14-9-11-6-4-5-7-13(11)17-14/h4-7,9,12,16H,2-3,8,15H2,1H3. The maximum absolute atomic E-state index is 5.78. The molecular weight excluding hydrogens is 212 g/mol. The van der Waals surface area contributed by atoms with Crippen LogP contribution in [0.1, 0.15) is 31.6 Å². The van der Waals surface area contributed by atoms with E-state index in [9.17, 15) is 0 Å². The predicted molar refractivity (Wildman–Crippen MR) is 70.3 cm³/mol. The van der Waals surface area contributed by atoms with E-state index in [0.717, 1.165) is 35.1 Å². The zero-order chi connectivity index (χ0) is 12.3. The maximum atomic E-state index is 5.78. The summed E-state index contributed by atoms with van der Waals surface area (Å²) in [4.78, 5) is 0. The van der Waals surface area contributed by atoms with E-state index in [2.05, 4.69) is 18.9 Å². The highest BCUT2D eigenvalue weighted by atomic mass is 16.3. The highest BCUT2D eigenvalue weighted by Gasteiger charge is 2.15. The van der Waals surface area contributed by atoms with Crippen molar-refractivity contribution < 1.29 is 4.42 Å². The smallest absolute Gasteiger partial charge is 0.134 e. The van der Waals surface area contributed by atoms with Gasteiger partial charge in [0.05, 0.1) is 6.04 Å². The molecule has 0 saturated heterocycles. The fourth-order valence-corrected chi connectivity index (χ4v) is 1.85. The molecular formula is C14H18N2O. The number of benzene rings is 1. The van der Waals surface area contributed by atoms with Gasteiger partial charge in [0.1, 0.15) is 11.3 Å². The summed E-state index contributed by atoms with van der Waals surface area (Å²) in [5.74, 6) is 6.44. The second-order valence-electron chi connectivity index (χ2n) is 4.21. The van der Waals surface area contributed by atoms with E-state index in [4.69, 9.17) is 10.3 Å². The summed E-state index contributed by atoms with van der Waals surface area (Å²) in [6, 6.07) is 9.98. The first-order chi connectivity index (χ1) is 8.24. The molecule has 3 N–H and O–H groups in total. The van der Waals surface area contributed by atoms with Crippen molar-refractivity contribution in [3.63, 3.8) is 0 Å². The Hall–Kier alpha value is -1.58. The molecule has 3 heteroatoms. The Morgan fingerprint density at radius 3 is 2.88 bits per heavy atom. The maximum Gasteiger partial charge on any atom is 0.134 e. The number of fused-ring (bicyclic) bond motifs is 1. The fraction of sp³-hybridized carbons (Fsp3) is 0.286. The minimum atomic E-state index is -0.00477. The normalized spacial score (nSPS) is 12.8. The molecule has 90 valence electrons. The lowest BCUT2D eigenvalue weighted by Gasteiger charge is -2.13. The summed E-state index contributed by atoms with van der Waals surface area (Å²) in [5.41, 5.74) is 4.84. The van der Waals surface area contributed by atoms with Crippen LogP contribution >= 0.6 is 0 Å². The zero-order valence-corrected chi connectivity index (χ0v) is 10.1. The predicted octanol–water partition coefficient (Wildman–Crippen LogP) is 3.29. The SMILES string of the molecule is C=C(CC)CC(NN)c1cc2ccccc2o1. The van der Waals surface area contributed by atoms with Crippen molar-refractivity contribution in [2.75, 3.05) is 0 Å². The molecule has 1 unspecified atom stereocenters. The van der Waals surface area contributed by atoms with Crippen LogP contribution in [-0.4, -0.2) is 0 Å². The van der Waals surface area contributed by atoms with Crippen LogP contribution in [0.15, 0.2) is 46.9 Å². The van der Waals surface area contributed by atoms with Gasteiger partial charge in [0.15, 0.2) is 0 Å². The summed E-state index contributed by atoms with van der Waals surface area (Å²) in [6.07, 6.45) is 1.76. The lowest BCUT2D eigenvalue weighted by atomic mass is 10.0. The summed E-state index contributed by atoms with van der Waals surface area (Å²) in [7, 11) is 0. The molecule has 1 aromatic carbocycles. The van der Waals surface area contributed by atoms with Gasteiger partial charge >= 0.3 is 0 Å². The highest BCUT2D eigenvalue weighted by molar-refractivity contribution is 5.77. The van der Waals surface area contributed by atoms with Crippen LogP contribution in [0, 0.1) is 0 Å². The molecule has 1 heterocycles. The zero-order valence-electron chi connectivity index (χ0n) is 10.1. The average molecular weight is 230 g/mol. The molecule has 2 rings (SSSR count). The number of hydrogen-bond acceptors (Lipinski definition) is 3. The molecule has 0 radical (unpaired) electrons. The summed E-state index contributed by atoms with van der Waals surface area (Å²) < 4.78 is 5.78. The molecule has 17 heavy (non-hydrogen) atoms. The van der Waals surface area contributed by atoms with Gasteiger partial charge in [0.2, 0.25) is 0 Å². The van der Waals surface area contributed by atoms with Crippen molar-refractivity contribution in [2.45, 2.75) is 25.8 Å². The van der Waals surface area contributed by atoms with Gasteiger partial charge in [0.25, 0.3) is 0 Å². The van der Waals surface area contributed by atoms with Gasteiger partial charge in [-0.05, 0) is 25.0 Å². The third-order valence-electron chi connectivity index (χ3n) is 2.98. The third-order valence-corrected chi connectivity index (χ3v) is 2.98.